The maximum absolute atomic E-state index is 13.5. The summed E-state index contributed by atoms with van der Waals surface area (Å²) >= 11 is 0. The Morgan fingerprint density at radius 3 is 2.08 bits per heavy atom. The first-order valence-electron chi connectivity index (χ1n) is 12.6. The van der Waals surface area contributed by atoms with E-state index in [9.17, 15) is 14.4 Å². The Morgan fingerprint density at radius 1 is 0.872 bits per heavy atom. The first-order chi connectivity index (χ1) is 18.9. The van der Waals surface area contributed by atoms with Gasteiger partial charge in [-0.25, -0.2) is 4.79 Å². The highest BCUT2D eigenvalue weighted by Gasteiger charge is 2.34. The summed E-state index contributed by atoms with van der Waals surface area (Å²) in [6.45, 7) is 0. The number of nitrogens with zero attached hydrogens (tertiary/aromatic N) is 3. The quantitative estimate of drug-likeness (QED) is 0.308. The van der Waals surface area contributed by atoms with Crippen LogP contribution < -0.4 is 11.1 Å². The van der Waals surface area contributed by atoms with Crippen molar-refractivity contribution in [1.29, 1.82) is 0 Å². The number of aromatic nitrogens is 2. The summed E-state index contributed by atoms with van der Waals surface area (Å²) < 4.78 is 5.38. The third-order valence-electron chi connectivity index (χ3n) is 6.66. The van der Waals surface area contributed by atoms with Crippen LogP contribution in [0.3, 0.4) is 0 Å². The van der Waals surface area contributed by atoms with Crippen molar-refractivity contribution in [3.8, 4) is 0 Å². The van der Waals surface area contributed by atoms with Gasteiger partial charge in [0.15, 0.2) is 0 Å². The molecular formula is C30H27N5O4. The number of hydrogen-bond donors (Lipinski definition) is 2. The fraction of sp³-hybridized carbons (Fsp3) is 0.167. The van der Waals surface area contributed by atoms with E-state index in [1.807, 2.05) is 84.9 Å². The molecule has 0 spiro atoms. The number of urea groups is 1. The molecule has 0 aliphatic heterocycles. The second-order valence-corrected chi connectivity index (χ2v) is 9.22. The molecule has 1 aromatic heterocycles. The summed E-state index contributed by atoms with van der Waals surface area (Å²) in [7, 11) is 1.44. The van der Waals surface area contributed by atoms with Crippen molar-refractivity contribution in [3.05, 3.63) is 108 Å². The number of benzene rings is 4. The van der Waals surface area contributed by atoms with Crippen LogP contribution in [0.25, 0.3) is 21.5 Å². The molecule has 9 nitrogen and oxygen atoms in total. The zero-order valence-corrected chi connectivity index (χ0v) is 21.3. The monoisotopic (exact) mass is 521 g/mol. The minimum Gasteiger partial charge on any atom is -0.352 e. The summed E-state index contributed by atoms with van der Waals surface area (Å²) in [5, 5.41) is 10.4. The van der Waals surface area contributed by atoms with Crippen molar-refractivity contribution in [2.24, 2.45) is 5.73 Å². The van der Waals surface area contributed by atoms with Crippen molar-refractivity contribution in [3.63, 3.8) is 0 Å². The zero-order valence-electron chi connectivity index (χ0n) is 21.3. The molecule has 0 saturated heterocycles. The standard InChI is InChI=1S/C30H27N5O4/c1-32-28(37)27-33-29(39-34-27)25(18-20-11-14-22-7-3-5-9-24(22)17-20)35(30(31)38)26(36)15-12-19-10-13-21-6-2-4-8-23(21)16-19/h2-11,13-14,16-17,25H,12,15,18H2,1H3,(H2,31,38)(H,32,37). The van der Waals surface area contributed by atoms with Crippen LogP contribution in [0.4, 0.5) is 4.79 Å². The number of hydrogen-bond acceptors (Lipinski definition) is 6. The molecule has 39 heavy (non-hydrogen) atoms. The molecule has 5 aromatic rings. The summed E-state index contributed by atoms with van der Waals surface area (Å²) in [5.74, 6) is -1.30. The fourth-order valence-corrected chi connectivity index (χ4v) is 4.67. The van der Waals surface area contributed by atoms with Gasteiger partial charge in [-0.3, -0.25) is 14.5 Å². The van der Waals surface area contributed by atoms with E-state index in [0.717, 1.165) is 37.6 Å². The molecule has 0 radical (unpaired) electrons. The number of rotatable bonds is 8. The molecule has 0 saturated carbocycles. The Bertz CT molecular complexity index is 1680. The molecule has 4 aromatic carbocycles. The van der Waals surface area contributed by atoms with E-state index in [-0.39, 0.29) is 24.6 Å². The molecule has 0 fully saturated rings. The second kappa shape index (κ2) is 11.1. The number of imide groups is 1. The molecule has 4 amide bonds. The minimum atomic E-state index is -1.00. The SMILES string of the molecule is CNC(=O)c1noc(C(Cc2ccc3ccccc3c2)N(C(N)=O)C(=O)CCc2ccc3ccccc3c2)n1. The van der Waals surface area contributed by atoms with Crippen LogP contribution in [0.15, 0.2) is 89.5 Å². The summed E-state index contributed by atoms with van der Waals surface area (Å²) in [6, 6.07) is 25.7. The topological polar surface area (TPSA) is 131 Å². The Balaban J connectivity index is 1.44. The van der Waals surface area contributed by atoms with Crippen LogP contribution in [0.5, 0.6) is 0 Å². The molecule has 1 atom stereocenters. The van der Waals surface area contributed by atoms with Crippen LogP contribution in [-0.4, -0.2) is 39.9 Å². The van der Waals surface area contributed by atoms with E-state index in [2.05, 4.69) is 15.5 Å². The smallest absolute Gasteiger partial charge is 0.322 e. The average molecular weight is 522 g/mol. The van der Waals surface area contributed by atoms with Crippen LogP contribution >= 0.6 is 0 Å². The maximum Gasteiger partial charge on any atom is 0.322 e. The number of aryl methyl sites for hydroxylation is 1. The van der Waals surface area contributed by atoms with Crippen molar-refractivity contribution in [2.45, 2.75) is 25.3 Å². The van der Waals surface area contributed by atoms with E-state index in [4.69, 9.17) is 10.3 Å². The molecule has 0 bridgehead atoms. The number of primary amides is 1. The van der Waals surface area contributed by atoms with Crippen LogP contribution in [-0.2, 0) is 17.6 Å². The van der Waals surface area contributed by atoms with Gasteiger partial charge < -0.3 is 15.6 Å². The second-order valence-electron chi connectivity index (χ2n) is 9.22. The van der Waals surface area contributed by atoms with Gasteiger partial charge in [0.1, 0.15) is 6.04 Å². The third-order valence-corrected chi connectivity index (χ3v) is 6.66. The Morgan fingerprint density at radius 2 is 1.46 bits per heavy atom. The maximum atomic E-state index is 13.5. The Hall–Kier alpha value is -5.05. The normalized spacial score (nSPS) is 11.8. The number of nitrogens with one attached hydrogen (secondary N) is 1. The van der Waals surface area contributed by atoms with Crippen molar-refractivity contribution in [2.75, 3.05) is 7.05 Å². The van der Waals surface area contributed by atoms with Crippen LogP contribution in [0, 0.1) is 0 Å². The zero-order chi connectivity index (χ0) is 27.4. The largest absolute Gasteiger partial charge is 0.352 e. The molecule has 1 heterocycles. The van der Waals surface area contributed by atoms with Gasteiger partial charge in [-0.1, -0.05) is 90.1 Å². The molecule has 0 aliphatic carbocycles. The van der Waals surface area contributed by atoms with Crippen molar-refractivity contribution in [1.82, 2.24) is 20.4 Å². The Labute approximate surface area is 224 Å². The summed E-state index contributed by atoms with van der Waals surface area (Å²) in [6.07, 6.45) is 0.611. The van der Waals surface area contributed by atoms with E-state index >= 15 is 0 Å². The number of carbonyl (C=O) groups is 3. The van der Waals surface area contributed by atoms with Crippen LogP contribution in [0.1, 0.15) is 40.1 Å². The molecule has 3 N–H and O–H groups in total. The molecule has 196 valence electrons. The lowest BCUT2D eigenvalue weighted by molar-refractivity contribution is -0.130. The minimum absolute atomic E-state index is 0.0337. The summed E-state index contributed by atoms with van der Waals surface area (Å²) in [4.78, 5) is 43.4. The highest BCUT2D eigenvalue weighted by atomic mass is 16.5. The van der Waals surface area contributed by atoms with Crippen LogP contribution in [0.2, 0.25) is 0 Å². The lowest BCUT2D eigenvalue weighted by Gasteiger charge is -2.26. The van der Waals surface area contributed by atoms with E-state index in [1.54, 1.807) is 0 Å². The van der Waals surface area contributed by atoms with Gasteiger partial charge in [0, 0.05) is 19.9 Å². The predicted molar refractivity (Wildman–Crippen MR) is 147 cm³/mol. The fourth-order valence-electron chi connectivity index (χ4n) is 4.67. The lowest BCUT2D eigenvalue weighted by Crippen LogP contribution is -2.44. The van der Waals surface area contributed by atoms with Gasteiger partial charge in [0.05, 0.1) is 0 Å². The average Bonchev–Trinajstić information content (AvgIpc) is 3.45. The van der Waals surface area contributed by atoms with Gasteiger partial charge in [-0.05, 0) is 39.1 Å². The molecule has 0 aliphatic rings. The Kier molecular flexibility index (Phi) is 7.31. The van der Waals surface area contributed by atoms with Gasteiger partial charge >= 0.3 is 6.03 Å². The van der Waals surface area contributed by atoms with Gasteiger partial charge in [0.2, 0.25) is 5.91 Å². The van der Waals surface area contributed by atoms with Crippen molar-refractivity contribution >= 4 is 39.4 Å². The van der Waals surface area contributed by atoms with E-state index < -0.39 is 23.9 Å². The highest BCUT2D eigenvalue weighted by Crippen LogP contribution is 2.27. The first-order valence-corrected chi connectivity index (χ1v) is 12.6. The van der Waals surface area contributed by atoms with Crippen molar-refractivity contribution < 1.29 is 18.9 Å². The number of nitrogens with two attached hydrogens (primary N) is 1. The third kappa shape index (κ3) is 5.62. The lowest BCUT2D eigenvalue weighted by atomic mass is 10.00. The summed E-state index contributed by atoms with van der Waals surface area (Å²) in [5.41, 5.74) is 7.53. The van der Waals surface area contributed by atoms with Gasteiger partial charge in [-0.2, -0.15) is 4.98 Å². The number of amides is 4. The van der Waals surface area contributed by atoms with Gasteiger partial charge in [0.25, 0.3) is 17.6 Å². The van der Waals surface area contributed by atoms with E-state index in [1.165, 1.54) is 7.05 Å². The number of carbonyl (C=O) groups excluding carboxylic acids is 3. The molecule has 1 unspecified atom stereocenters. The molecular weight excluding hydrogens is 494 g/mol. The van der Waals surface area contributed by atoms with E-state index in [0.29, 0.717) is 6.42 Å². The molecule has 9 heteroatoms. The highest BCUT2D eigenvalue weighted by molar-refractivity contribution is 5.94. The first kappa shape index (κ1) is 25.6. The van der Waals surface area contributed by atoms with Gasteiger partial charge in [-0.15, -0.1) is 0 Å². The predicted octanol–water partition coefficient (Wildman–Crippen LogP) is 4.56. The number of fused-ring (bicyclic) bond motifs is 2. The molecule has 5 rings (SSSR count).